The third-order valence-corrected chi connectivity index (χ3v) is 3.93. The number of likely N-dealkylation sites (tertiary alicyclic amines) is 1. The Morgan fingerprint density at radius 2 is 2.05 bits per heavy atom. The number of ether oxygens (including phenoxy) is 1. The summed E-state index contributed by atoms with van der Waals surface area (Å²) in [5.41, 5.74) is 0.161. The molecule has 2 rings (SSSR count). The maximum atomic E-state index is 12.5. The number of benzene rings is 1. The maximum Gasteiger partial charge on any atom is 0.308 e. The number of hydrogen-bond acceptors (Lipinski definition) is 4. The fourth-order valence-corrected chi connectivity index (χ4v) is 2.57. The lowest BCUT2D eigenvalue weighted by molar-refractivity contribution is -0.143. The molecule has 2 unspecified atom stereocenters. The van der Waals surface area contributed by atoms with Crippen LogP contribution in [0.5, 0.6) is 11.5 Å². The van der Waals surface area contributed by atoms with E-state index in [9.17, 15) is 14.7 Å². The molecule has 1 aliphatic rings. The summed E-state index contributed by atoms with van der Waals surface area (Å²) in [6, 6.07) is 4.41. The van der Waals surface area contributed by atoms with Crippen molar-refractivity contribution in [2.75, 3.05) is 13.7 Å². The highest BCUT2D eigenvalue weighted by atomic mass is 16.5. The van der Waals surface area contributed by atoms with Gasteiger partial charge in [-0.3, -0.25) is 9.59 Å². The fraction of sp³-hybridized carbons (Fsp3) is 0.467. The average Bonchev–Trinajstić information content (AvgIpc) is 2.46. The normalized spacial score (nSPS) is 21.9. The van der Waals surface area contributed by atoms with Gasteiger partial charge in [0.2, 0.25) is 0 Å². The SMILES string of the molecule is COc1ccc(C(=O)N2CC(C(=O)O)CCC2C)c(O)c1. The highest BCUT2D eigenvalue weighted by molar-refractivity contribution is 5.97. The van der Waals surface area contributed by atoms with Crippen LogP contribution in [0.3, 0.4) is 0 Å². The zero-order chi connectivity index (χ0) is 15.6. The molecule has 0 saturated carbocycles. The number of phenolic OH excluding ortho intramolecular Hbond substituents is 1. The number of nitrogens with zero attached hydrogens (tertiary/aromatic N) is 1. The van der Waals surface area contributed by atoms with Crippen molar-refractivity contribution in [1.29, 1.82) is 0 Å². The van der Waals surface area contributed by atoms with Crippen LogP contribution < -0.4 is 4.74 Å². The molecule has 1 aromatic rings. The molecule has 6 nitrogen and oxygen atoms in total. The van der Waals surface area contributed by atoms with Crippen LogP contribution in [0.4, 0.5) is 0 Å². The Bertz CT molecular complexity index is 557. The third kappa shape index (κ3) is 3.09. The van der Waals surface area contributed by atoms with Gasteiger partial charge in [0.1, 0.15) is 11.5 Å². The van der Waals surface area contributed by atoms with E-state index < -0.39 is 11.9 Å². The number of aliphatic carboxylic acids is 1. The molecule has 1 fully saturated rings. The molecule has 6 heteroatoms. The zero-order valence-electron chi connectivity index (χ0n) is 12.1. The van der Waals surface area contributed by atoms with Crippen molar-refractivity contribution in [3.8, 4) is 11.5 Å². The van der Waals surface area contributed by atoms with Crippen molar-refractivity contribution in [2.24, 2.45) is 5.92 Å². The predicted molar refractivity (Wildman–Crippen MR) is 75.5 cm³/mol. The Morgan fingerprint density at radius 3 is 2.62 bits per heavy atom. The number of piperidine rings is 1. The van der Waals surface area contributed by atoms with Crippen molar-refractivity contribution in [3.05, 3.63) is 23.8 Å². The van der Waals surface area contributed by atoms with E-state index in [0.29, 0.717) is 18.6 Å². The molecule has 1 aliphatic heterocycles. The summed E-state index contributed by atoms with van der Waals surface area (Å²) in [6.45, 7) is 2.05. The molecular weight excluding hydrogens is 274 g/mol. The number of phenols is 1. The van der Waals surface area contributed by atoms with Crippen LogP contribution >= 0.6 is 0 Å². The molecule has 21 heavy (non-hydrogen) atoms. The first-order valence-electron chi connectivity index (χ1n) is 6.84. The molecule has 1 saturated heterocycles. The molecule has 0 spiro atoms. The lowest BCUT2D eigenvalue weighted by Gasteiger charge is -2.36. The van der Waals surface area contributed by atoms with E-state index in [0.717, 1.165) is 0 Å². The summed E-state index contributed by atoms with van der Waals surface area (Å²) in [4.78, 5) is 25.2. The van der Waals surface area contributed by atoms with E-state index in [1.165, 1.54) is 24.1 Å². The standard InChI is InChI=1S/C15H19NO5/c1-9-3-4-10(15(19)20)8-16(9)14(18)12-6-5-11(21-2)7-13(12)17/h5-7,9-10,17H,3-4,8H2,1-2H3,(H,19,20). The highest BCUT2D eigenvalue weighted by Crippen LogP contribution is 2.28. The number of hydrogen-bond donors (Lipinski definition) is 2. The first-order valence-corrected chi connectivity index (χ1v) is 6.84. The number of carboxylic acids is 1. The van der Waals surface area contributed by atoms with Crippen molar-refractivity contribution in [1.82, 2.24) is 4.90 Å². The van der Waals surface area contributed by atoms with Gasteiger partial charge in [0.05, 0.1) is 18.6 Å². The predicted octanol–water partition coefficient (Wildman–Crippen LogP) is 1.73. The number of amides is 1. The summed E-state index contributed by atoms with van der Waals surface area (Å²) < 4.78 is 4.98. The van der Waals surface area contributed by atoms with Crippen LogP contribution in [0.1, 0.15) is 30.1 Å². The topological polar surface area (TPSA) is 87.1 Å². The summed E-state index contributed by atoms with van der Waals surface area (Å²) in [7, 11) is 1.47. The number of methoxy groups -OCH3 is 1. The quantitative estimate of drug-likeness (QED) is 0.886. The zero-order valence-corrected chi connectivity index (χ0v) is 12.1. The molecular formula is C15H19NO5. The van der Waals surface area contributed by atoms with E-state index >= 15 is 0 Å². The van der Waals surface area contributed by atoms with Crippen LogP contribution in [0.15, 0.2) is 18.2 Å². The minimum absolute atomic E-state index is 0.0467. The Kier molecular flexibility index (Phi) is 4.35. The Labute approximate surface area is 122 Å². The molecule has 2 N–H and O–H groups in total. The lowest BCUT2D eigenvalue weighted by Crippen LogP contribution is -2.47. The third-order valence-electron chi connectivity index (χ3n) is 3.93. The first kappa shape index (κ1) is 15.2. The molecule has 1 aromatic carbocycles. The van der Waals surface area contributed by atoms with Crippen LogP contribution in [0.25, 0.3) is 0 Å². The average molecular weight is 293 g/mol. The van der Waals surface area contributed by atoms with Gasteiger partial charge in [0, 0.05) is 18.7 Å². The van der Waals surface area contributed by atoms with E-state index in [4.69, 9.17) is 9.84 Å². The molecule has 0 aromatic heterocycles. The fourth-order valence-electron chi connectivity index (χ4n) is 2.57. The molecule has 1 amide bonds. The van der Waals surface area contributed by atoms with Crippen LogP contribution in [0.2, 0.25) is 0 Å². The molecule has 0 radical (unpaired) electrons. The van der Waals surface area contributed by atoms with Crippen molar-refractivity contribution >= 4 is 11.9 Å². The second-order valence-corrected chi connectivity index (χ2v) is 5.30. The number of carbonyl (C=O) groups is 2. The van der Waals surface area contributed by atoms with Gasteiger partial charge in [-0.2, -0.15) is 0 Å². The Balaban J connectivity index is 2.23. The summed E-state index contributed by atoms with van der Waals surface area (Å²) in [5.74, 6) is -1.50. The number of aromatic hydroxyl groups is 1. The summed E-state index contributed by atoms with van der Waals surface area (Å²) in [6.07, 6.45) is 1.20. The van der Waals surface area contributed by atoms with Gasteiger partial charge in [0.15, 0.2) is 0 Å². The van der Waals surface area contributed by atoms with E-state index in [1.807, 2.05) is 6.92 Å². The molecule has 114 valence electrons. The smallest absolute Gasteiger partial charge is 0.308 e. The van der Waals surface area contributed by atoms with Gasteiger partial charge in [-0.05, 0) is 31.9 Å². The van der Waals surface area contributed by atoms with Gasteiger partial charge in [-0.15, -0.1) is 0 Å². The summed E-state index contributed by atoms with van der Waals surface area (Å²) >= 11 is 0. The van der Waals surface area contributed by atoms with Crippen molar-refractivity contribution < 1.29 is 24.5 Å². The van der Waals surface area contributed by atoms with Gasteiger partial charge >= 0.3 is 5.97 Å². The summed E-state index contributed by atoms with van der Waals surface area (Å²) in [5, 5.41) is 19.1. The molecule has 2 atom stereocenters. The van der Waals surface area contributed by atoms with Gasteiger partial charge in [0.25, 0.3) is 5.91 Å². The van der Waals surface area contributed by atoms with Crippen molar-refractivity contribution in [2.45, 2.75) is 25.8 Å². The second kappa shape index (κ2) is 6.03. The molecule has 0 bridgehead atoms. The minimum atomic E-state index is -0.890. The Morgan fingerprint density at radius 1 is 1.33 bits per heavy atom. The first-order chi connectivity index (χ1) is 9.93. The number of carbonyl (C=O) groups excluding carboxylic acids is 1. The van der Waals surface area contributed by atoms with Gasteiger partial charge in [-0.25, -0.2) is 0 Å². The lowest BCUT2D eigenvalue weighted by atomic mass is 9.93. The van der Waals surface area contributed by atoms with Crippen molar-refractivity contribution in [3.63, 3.8) is 0 Å². The highest BCUT2D eigenvalue weighted by Gasteiger charge is 2.33. The van der Waals surface area contributed by atoms with Gasteiger partial charge < -0.3 is 19.8 Å². The monoisotopic (exact) mass is 293 g/mol. The maximum absolute atomic E-state index is 12.5. The second-order valence-electron chi connectivity index (χ2n) is 5.30. The van der Waals surface area contributed by atoms with E-state index in [-0.39, 0.29) is 29.8 Å². The van der Waals surface area contributed by atoms with Gasteiger partial charge in [-0.1, -0.05) is 0 Å². The van der Waals surface area contributed by atoms with E-state index in [2.05, 4.69) is 0 Å². The van der Waals surface area contributed by atoms with Crippen LogP contribution in [-0.4, -0.2) is 46.7 Å². The number of carboxylic acid groups (broad SMARTS) is 1. The molecule has 1 heterocycles. The number of rotatable bonds is 3. The van der Waals surface area contributed by atoms with Crippen LogP contribution in [-0.2, 0) is 4.79 Å². The van der Waals surface area contributed by atoms with E-state index in [1.54, 1.807) is 6.07 Å². The minimum Gasteiger partial charge on any atom is -0.507 e. The van der Waals surface area contributed by atoms with Crippen LogP contribution in [0, 0.1) is 5.92 Å². The largest absolute Gasteiger partial charge is 0.507 e. The molecule has 0 aliphatic carbocycles. The Hall–Kier alpha value is -2.24.